The quantitative estimate of drug-likeness (QED) is 0.778. The van der Waals surface area contributed by atoms with Gasteiger partial charge in [-0.1, -0.05) is 27.2 Å². The third kappa shape index (κ3) is 5.49. The topological polar surface area (TPSA) is 24.9 Å². The normalized spacial score (nSPS) is 14.4. The lowest BCUT2D eigenvalue weighted by Crippen LogP contribution is -2.37. The SMILES string of the molecule is CCCNC(Cc1ccc(Br)cn1)C(C)CCC. The van der Waals surface area contributed by atoms with Crippen LogP contribution in [0.15, 0.2) is 22.8 Å². The van der Waals surface area contributed by atoms with E-state index in [9.17, 15) is 0 Å². The molecule has 3 heteroatoms. The molecule has 0 aliphatic rings. The molecule has 1 aromatic rings. The molecule has 0 amide bonds. The summed E-state index contributed by atoms with van der Waals surface area (Å²) in [5.41, 5.74) is 1.18. The lowest BCUT2D eigenvalue weighted by atomic mass is 9.93. The molecule has 1 heterocycles. The second kappa shape index (κ2) is 8.65. The van der Waals surface area contributed by atoms with Crippen LogP contribution in [0.1, 0.15) is 45.7 Å². The van der Waals surface area contributed by atoms with Crippen LogP contribution in [0.3, 0.4) is 0 Å². The maximum absolute atomic E-state index is 4.48. The third-order valence-corrected chi connectivity index (χ3v) is 3.77. The van der Waals surface area contributed by atoms with Gasteiger partial charge in [0.1, 0.15) is 0 Å². The third-order valence-electron chi connectivity index (χ3n) is 3.31. The molecule has 0 saturated carbocycles. The van der Waals surface area contributed by atoms with Crippen molar-refractivity contribution in [3.05, 3.63) is 28.5 Å². The van der Waals surface area contributed by atoms with Crippen molar-refractivity contribution in [1.82, 2.24) is 10.3 Å². The van der Waals surface area contributed by atoms with Crippen molar-refractivity contribution in [2.75, 3.05) is 6.54 Å². The summed E-state index contributed by atoms with van der Waals surface area (Å²) in [6.07, 6.45) is 6.62. The highest BCUT2D eigenvalue weighted by atomic mass is 79.9. The van der Waals surface area contributed by atoms with E-state index >= 15 is 0 Å². The molecule has 0 fully saturated rings. The second-order valence-corrected chi connectivity index (χ2v) is 5.91. The van der Waals surface area contributed by atoms with Crippen LogP contribution in [0.4, 0.5) is 0 Å². The van der Waals surface area contributed by atoms with E-state index in [1.165, 1.54) is 25.0 Å². The number of hydrogen-bond acceptors (Lipinski definition) is 2. The van der Waals surface area contributed by atoms with E-state index in [-0.39, 0.29) is 0 Å². The fourth-order valence-electron chi connectivity index (χ4n) is 2.21. The maximum Gasteiger partial charge on any atom is 0.0420 e. The number of nitrogens with one attached hydrogen (secondary N) is 1. The van der Waals surface area contributed by atoms with Gasteiger partial charge in [-0.3, -0.25) is 4.98 Å². The summed E-state index contributed by atoms with van der Waals surface area (Å²) >= 11 is 3.43. The van der Waals surface area contributed by atoms with Gasteiger partial charge in [0.2, 0.25) is 0 Å². The Morgan fingerprint density at radius 3 is 2.61 bits per heavy atom. The van der Waals surface area contributed by atoms with Crippen molar-refractivity contribution >= 4 is 15.9 Å². The summed E-state index contributed by atoms with van der Waals surface area (Å²) in [5, 5.41) is 3.67. The van der Waals surface area contributed by atoms with Gasteiger partial charge in [-0.25, -0.2) is 0 Å². The Bertz CT molecular complexity index is 324. The first-order chi connectivity index (χ1) is 8.67. The average Bonchev–Trinajstić information content (AvgIpc) is 2.37. The highest BCUT2D eigenvalue weighted by molar-refractivity contribution is 9.10. The molecule has 0 saturated heterocycles. The standard InChI is InChI=1S/C15H25BrN2/c1-4-6-12(3)15(17-9-5-2)10-14-8-7-13(16)11-18-14/h7-8,11-12,15,17H,4-6,9-10H2,1-3H3. The predicted molar refractivity (Wildman–Crippen MR) is 81.8 cm³/mol. The van der Waals surface area contributed by atoms with Crippen LogP contribution in [-0.4, -0.2) is 17.6 Å². The molecule has 0 aliphatic heterocycles. The Labute approximate surface area is 120 Å². The van der Waals surface area contributed by atoms with Crippen molar-refractivity contribution in [2.24, 2.45) is 5.92 Å². The maximum atomic E-state index is 4.48. The first-order valence-electron chi connectivity index (χ1n) is 7.01. The molecule has 2 unspecified atom stereocenters. The van der Waals surface area contributed by atoms with Gasteiger partial charge in [-0.15, -0.1) is 0 Å². The van der Waals surface area contributed by atoms with Crippen LogP contribution in [-0.2, 0) is 6.42 Å². The minimum atomic E-state index is 0.540. The molecule has 0 radical (unpaired) electrons. The van der Waals surface area contributed by atoms with Gasteiger partial charge in [0.25, 0.3) is 0 Å². The number of rotatable bonds is 8. The first kappa shape index (κ1) is 15.6. The van der Waals surface area contributed by atoms with Gasteiger partial charge in [-0.2, -0.15) is 0 Å². The summed E-state index contributed by atoms with van der Waals surface area (Å²) in [4.78, 5) is 4.48. The van der Waals surface area contributed by atoms with Crippen molar-refractivity contribution in [1.29, 1.82) is 0 Å². The van der Waals surface area contributed by atoms with Crippen LogP contribution in [0, 0.1) is 5.92 Å². The molecule has 0 spiro atoms. The molecule has 1 N–H and O–H groups in total. The van der Waals surface area contributed by atoms with Gasteiger partial charge in [0.15, 0.2) is 0 Å². The summed E-state index contributed by atoms with van der Waals surface area (Å²) in [7, 11) is 0. The van der Waals surface area contributed by atoms with Gasteiger partial charge in [-0.05, 0) is 53.4 Å². The summed E-state index contributed by atoms with van der Waals surface area (Å²) in [5.74, 6) is 0.701. The largest absolute Gasteiger partial charge is 0.313 e. The number of aromatic nitrogens is 1. The Balaban J connectivity index is 2.61. The van der Waals surface area contributed by atoms with Crippen molar-refractivity contribution in [3.8, 4) is 0 Å². The van der Waals surface area contributed by atoms with E-state index in [0.717, 1.165) is 17.4 Å². The molecule has 1 rings (SSSR count). The Morgan fingerprint density at radius 2 is 2.06 bits per heavy atom. The second-order valence-electron chi connectivity index (χ2n) is 5.00. The van der Waals surface area contributed by atoms with E-state index in [1.54, 1.807) is 0 Å². The minimum Gasteiger partial charge on any atom is -0.313 e. The number of pyridine rings is 1. The predicted octanol–water partition coefficient (Wildman–Crippen LogP) is 4.19. The molecule has 2 nitrogen and oxygen atoms in total. The van der Waals surface area contributed by atoms with E-state index in [0.29, 0.717) is 12.0 Å². The Morgan fingerprint density at radius 1 is 1.28 bits per heavy atom. The lowest BCUT2D eigenvalue weighted by molar-refractivity contribution is 0.350. The number of hydrogen-bond donors (Lipinski definition) is 1. The summed E-state index contributed by atoms with van der Waals surface area (Å²) in [6.45, 7) is 7.91. The Hall–Kier alpha value is -0.410. The van der Waals surface area contributed by atoms with Crippen molar-refractivity contribution in [3.63, 3.8) is 0 Å². The monoisotopic (exact) mass is 312 g/mol. The molecule has 102 valence electrons. The zero-order valence-electron chi connectivity index (χ0n) is 11.7. The molecular formula is C15H25BrN2. The van der Waals surface area contributed by atoms with E-state index in [4.69, 9.17) is 0 Å². The fraction of sp³-hybridized carbons (Fsp3) is 0.667. The molecule has 2 atom stereocenters. The summed E-state index contributed by atoms with van der Waals surface area (Å²) in [6, 6.07) is 4.73. The zero-order valence-corrected chi connectivity index (χ0v) is 13.3. The van der Waals surface area contributed by atoms with E-state index in [1.807, 2.05) is 6.20 Å². The van der Waals surface area contributed by atoms with Crippen molar-refractivity contribution < 1.29 is 0 Å². The van der Waals surface area contributed by atoms with Crippen LogP contribution in [0.25, 0.3) is 0 Å². The molecular weight excluding hydrogens is 288 g/mol. The van der Waals surface area contributed by atoms with Crippen LogP contribution in [0.5, 0.6) is 0 Å². The lowest BCUT2D eigenvalue weighted by Gasteiger charge is -2.24. The molecule has 0 aromatic carbocycles. The highest BCUT2D eigenvalue weighted by Crippen LogP contribution is 2.16. The van der Waals surface area contributed by atoms with Gasteiger partial charge >= 0.3 is 0 Å². The van der Waals surface area contributed by atoms with E-state index in [2.05, 4.69) is 59.1 Å². The smallest absolute Gasteiger partial charge is 0.0420 e. The van der Waals surface area contributed by atoms with Gasteiger partial charge in [0, 0.05) is 28.8 Å². The van der Waals surface area contributed by atoms with Crippen LogP contribution < -0.4 is 5.32 Å². The number of halogens is 1. The average molecular weight is 313 g/mol. The van der Waals surface area contributed by atoms with Crippen LogP contribution >= 0.6 is 15.9 Å². The minimum absolute atomic E-state index is 0.540. The molecule has 0 aliphatic carbocycles. The number of nitrogens with zero attached hydrogens (tertiary/aromatic N) is 1. The molecule has 0 bridgehead atoms. The first-order valence-corrected chi connectivity index (χ1v) is 7.80. The molecule has 1 aromatic heterocycles. The zero-order chi connectivity index (χ0) is 13.4. The van der Waals surface area contributed by atoms with Gasteiger partial charge in [0.05, 0.1) is 0 Å². The molecule has 18 heavy (non-hydrogen) atoms. The Kier molecular flexibility index (Phi) is 7.52. The van der Waals surface area contributed by atoms with Crippen LogP contribution in [0.2, 0.25) is 0 Å². The highest BCUT2D eigenvalue weighted by Gasteiger charge is 2.16. The summed E-state index contributed by atoms with van der Waals surface area (Å²) < 4.78 is 1.05. The van der Waals surface area contributed by atoms with Gasteiger partial charge < -0.3 is 5.32 Å². The fourth-order valence-corrected chi connectivity index (χ4v) is 2.45. The van der Waals surface area contributed by atoms with E-state index < -0.39 is 0 Å². The van der Waals surface area contributed by atoms with Crippen molar-refractivity contribution in [2.45, 2.75) is 52.5 Å².